The van der Waals surface area contributed by atoms with Gasteiger partial charge in [-0.05, 0) is 29.8 Å². The van der Waals surface area contributed by atoms with Crippen molar-refractivity contribution in [3.63, 3.8) is 0 Å². The zero-order valence-corrected chi connectivity index (χ0v) is 10.6. The van der Waals surface area contributed by atoms with Crippen LogP contribution in [0.1, 0.15) is 15.9 Å². The fourth-order valence-electron chi connectivity index (χ4n) is 1.64. The van der Waals surface area contributed by atoms with Gasteiger partial charge in [0.2, 0.25) is 0 Å². The van der Waals surface area contributed by atoms with Gasteiger partial charge in [-0.3, -0.25) is 0 Å². The minimum absolute atomic E-state index is 0.118. The molecule has 98 valence electrons. The molecule has 0 aliphatic carbocycles. The molecule has 0 bridgehead atoms. The first-order valence-electron chi connectivity index (χ1n) is 5.50. The number of aromatic hydroxyl groups is 1. The number of halogens is 1. The monoisotopic (exact) mass is 278 g/mol. The Balaban J connectivity index is 2.20. The van der Waals surface area contributed by atoms with E-state index in [1.54, 1.807) is 18.2 Å². The predicted molar refractivity (Wildman–Crippen MR) is 70.9 cm³/mol. The second-order valence-electron chi connectivity index (χ2n) is 3.87. The summed E-state index contributed by atoms with van der Waals surface area (Å²) >= 11 is 5.84. The Labute approximate surface area is 114 Å². The van der Waals surface area contributed by atoms with Gasteiger partial charge in [-0.1, -0.05) is 29.8 Å². The minimum Gasteiger partial charge on any atom is -0.507 e. The number of rotatable bonds is 4. The minimum atomic E-state index is -1.24. The summed E-state index contributed by atoms with van der Waals surface area (Å²) in [5.41, 5.74) is 0.566. The Kier molecular flexibility index (Phi) is 3.92. The first kappa shape index (κ1) is 13.2. The topological polar surface area (TPSA) is 66.8 Å². The Morgan fingerprint density at radius 3 is 2.63 bits per heavy atom. The quantitative estimate of drug-likeness (QED) is 0.900. The number of carboxylic acid groups (broad SMARTS) is 1. The van der Waals surface area contributed by atoms with Gasteiger partial charge >= 0.3 is 5.97 Å². The lowest BCUT2D eigenvalue weighted by Gasteiger charge is -2.10. The largest absolute Gasteiger partial charge is 0.507 e. The Morgan fingerprint density at radius 2 is 1.95 bits per heavy atom. The number of hydrogen-bond acceptors (Lipinski definition) is 3. The van der Waals surface area contributed by atoms with Gasteiger partial charge in [-0.15, -0.1) is 0 Å². The molecule has 0 aliphatic heterocycles. The first-order valence-corrected chi connectivity index (χ1v) is 5.88. The Hall–Kier alpha value is -2.20. The van der Waals surface area contributed by atoms with Crippen LogP contribution in [0.2, 0.25) is 5.02 Å². The average molecular weight is 279 g/mol. The molecule has 0 fully saturated rings. The third kappa shape index (κ3) is 3.17. The van der Waals surface area contributed by atoms with Gasteiger partial charge in [-0.25, -0.2) is 4.79 Å². The number of hydrogen-bond donors (Lipinski definition) is 2. The smallest absolute Gasteiger partial charge is 0.343 e. The van der Waals surface area contributed by atoms with E-state index in [1.807, 2.05) is 6.07 Å². The van der Waals surface area contributed by atoms with Crippen LogP contribution in [0, 0.1) is 0 Å². The van der Waals surface area contributed by atoms with Crippen LogP contribution in [0.5, 0.6) is 11.5 Å². The van der Waals surface area contributed by atoms with E-state index in [0.717, 1.165) is 5.56 Å². The van der Waals surface area contributed by atoms with E-state index in [4.69, 9.17) is 21.4 Å². The molecule has 2 N–H and O–H groups in total. The van der Waals surface area contributed by atoms with Crippen LogP contribution in [0.3, 0.4) is 0 Å². The summed E-state index contributed by atoms with van der Waals surface area (Å²) < 4.78 is 5.42. The maximum absolute atomic E-state index is 11.0. The SMILES string of the molecule is O=C(O)c1c(O)cccc1OCc1cccc(Cl)c1. The molecule has 2 aromatic carbocycles. The van der Waals surface area contributed by atoms with E-state index in [9.17, 15) is 9.90 Å². The van der Waals surface area contributed by atoms with E-state index < -0.39 is 5.97 Å². The van der Waals surface area contributed by atoms with Crippen molar-refractivity contribution in [1.82, 2.24) is 0 Å². The molecule has 0 amide bonds. The average Bonchev–Trinajstić information content (AvgIpc) is 2.36. The van der Waals surface area contributed by atoms with Gasteiger partial charge in [0.25, 0.3) is 0 Å². The van der Waals surface area contributed by atoms with Gasteiger partial charge in [0.05, 0.1) is 0 Å². The molecule has 0 saturated carbocycles. The fourth-order valence-corrected chi connectivity index (χ4v) is 1.86. The van der Waals surface area contributed by atoms with Gasteiger partial charge in [0.15, 0.2) is 0 Å². The lowest BCUT2D eigenvalue weighted by molar-refractivity contribution is 0.0688. The van der Waals surface area contributed by atoms with Crippen molar-refractivity contribution in [1.29, 1.82) is 0 Å². The van der Waals surface area contributed by atoms with Crippen LogP contribution in [-0.2, 0) is 6.61 Å². The zero-order chi connectivity index (χ0) is 13.8. The van der Waals surface area contributed by atoms with Crippen LogP contribution in [0.25, 0.3) is 0 Å². The molecule has 0 saturated heterocycles. The molecule has 5 heteroatoms. The maximum Gasteiger partial charge on any atom is 0.343 e. The summed E-state index contributed by atoms with van der Waals surface area (Å²) in [5.74, 6) is -1.44. The van der Waals surface area contributed by atoms with Crippen molar-refractivity contribution in [2.24, 2.45) is 0 Å². The Bertz CT molecular complexity index is 610. The normalized spacial score (nSPS) is 10.2. The molecule has 0 spiro atoms. The highest BCUT2D eigenvalue weighted by molar-refractivity contribution is 6.30. The highest BCUT2D eigenvalue weighted by Gasteiger charge is 2.16. The van der Waals surface area contributed by atoms with E-state index in [1.165, 1.54) is 18.2 Å². The summed E-state index contributed by atoms with van der Waals surface area (Å²) in [4.78, 5) is 11.0. The molecule has 0 radical (unpaired) electrons. The number of benzene rings is 2. The summed E-state index contributed by atoms with van der Waals surface area (Å²) in [6.07, 6.45) is 0. The second-order valence-corrected chi connectivity index (χ2v) is 4.31. The summed E-state index contributed by atoms with van der Waals surface area (Å²) in [5, 5.41) is 19.1. The van der Waals surface area contributed by atoms with Crippen molar-refractivity contribution in [2.45, 2.75) is 6.61 Å². The highest BCUT2D eigenvalue weighted by atomic mass is 35.5. The Morgan fingerprint density at radius 1 is 1.21 bits per heavy atom. The fraction of sp³-hybridized carbons (Fsp3) is 0.0714. The van der Waals surface area contributed by atoms with Gasteiger partial charge < -0.3 is 14.9 Å². The number of ether oxygens (including phenoxy) is 1. The number of phenols is 1. The molecule has 0 aromatic heterocycles. The van der Waals surface area contributed by atoms with Crippen molar-refractivity contribution in [3.8, 4) is 11.5 Å². The van der Waals surface area contributed by atoms with Crippen molar-refractivity contribution >= 4 is 17.6 Å². The summed E-state index contributed by atoms with van der Waals surface area (Å²) in [7, 11) is 0. The zero-order valence-electron chi connectivity index (χ0n) is 9.84. The van der Waals surface area contributed by atoms with E-state index in [2.05, 4.69) is 0 Å². The van der Waals surface area contributed by atoms with Crippen LogP contribution in [-0.4, -0.2) is 16.2 Å². The lowest BCUT2D eigenvalue weighted by atomic mass is 10.2. The molecule has 0 heterocycles. The highest BCUT2D eigenvalue weighted by Crippen LogP contribution is 2.28. The predicted octanol–water partition coefficient (Wildman–Crippen LogP) is 3.32. The second kappa shape index (κ2) is 5.63. The third-order valence-electron chi connectivity index (χ3n) is 2.50. The standard InChI is InChI=1S/C14H11ClO4/c15-10-4-1-3-9(7-10)8-19-12-6-2-5-11(16)13(12)14(17)18/h1-7,16H,8H2,(H,17,18). The molecule has 0 unspecified atom stereocenters. The summed E-state index contributed by atoms with van der Waals surface area (Å²) in [6.45, 7) is 0.171. The van der Waals surface area contributed by atoms with E-state index in [-0.39, 0.29) is 23.7 Å². The van der Waals surface area contributed by atoms with Crippen molar-refractivity contribution in [2.75, 3.05) is 0 Å². The number of aromatic carboxylic acids is 1. The van der Waals surface area contributed by atoms with Crippen molar-refractivity contribution < 1.29 is 19.7 Å². The molecule has 19 heavy (non-hydrogen) atoms. The lowest BCUT2D eigenvalue weighted by Crippen LogP contribution is -2.03. The molecular weight excluding hydrogens is 268 g/mol. The molecule has 0 atom stereocenters. The van der Waals surface area contributed by atoms with Gasteiger partial charge in [0.1, 0.15) is 23.7 Å². The van der Waals surface area contributed by atoms with Crippen LogP contribution >= 0.6 is 11.6 Å². The van der Waals surface area contributed by atoms with Crippen LogP contribution in [0.4, 0.5) is 0 Å². The molecule has 2 rings (SSSR count). The van der Waals surface area contributed by atoms with Crippen LogP contribution in [0.15, 0.2) is 42.5 Å². The first-order chi connectivity index (χ1) is 9.08. The van der Waals surface area contributed by atoms with Gasteiger partial charge in [-0.2, -0.15) is 0 Å². The van der Waals surface area contributed by atoms with E-state index >= 15 is 0 Å². The maximum atomic E-state index is 11.0. The third-order valence-corrected chi connectivity index (χ3v) is 2.74. The van der Waals surface area contributed by atoms with Crippen molar-refractivity contribution in [3.05, 3.63) is 58.6 Å². The molecule has 0 aliphatic rings. The number of carbonyl (C=O) groups is 1. The molecule has 4 nitrogen and oxygen atoms in total. The summed E-state index contributed by atoms with van der Waals surface area (Å²) in [6, 6.07) is 11.4. The van der Waals surface area contributed by atoms with Gasteiger partial charge in [0, 0.05) is 5.02 Å². The number of carboxylic acids is 1. The molecular formula is C14H11ClO4. The van der Waals surface area contributed by atoms with Crippen LogP contribution < -0.4 is 4.74 Å². The van der Waals surface area contributed by atoms with E-state index in [0.29, 0.717) is 5.02 Å². The molecule has 2 aromatic rings.